The summed E-state index contributed by atoms with van der Waals surface area (Å²) in [5.41, 5.74) is 0.864. The van der Waals surface area contributed by atoms with Crippen molar-refractivity contribution in [2.24, 2.45) is 0 Å². The van der Waals surface area contributed by atoms with Crippen molar-refractivity contribution >= 4 is 11.6 Å². The third-order valence-corrected chi connectivity index (χ3v) is 3.07. The van der Waals surface area contributed by atoms with E-state index in [0.29, 0.717) is 37.7 Å². The summed E-state index contributed by atoms with van der Waals surface area (Å²) in [5.74, 6) is -0.0956. The van der Waals surface area contributed by atoms with E-state index in [1.807, 2.05) is 6.92 Å². The number of carbonyl (C=O) groups excluding carboxylic acids is 1. The van der Waals surface area contributed by atoms with Crippen molar-refractivity contribution in [2.45, 2.75) is 40.2 Å². The van der Waals surface area contributed by atoms with Gasteiger partial charge in [0.15, 0.2) is 0 Å². The van der Waals surface area contributed by atoms with Crippen LogP contribution in [0.2, 0.25) is 0 Å². The molecule has 21 heavy (non-hydrogen) atoms. The Morgan fingerprint density at radius 1 is 1.48 bits per heavy atom. The van der Waals surface area contributed by atoms with Crippen LogP contribution in [-0.4, -0.2) is 40.4 Å². The SMILES string of the molecule is CCOCCCNC(=O)CCn1nc(C)c([N+](=O)[O-])c1C. The second-order valence-electron chi connectivity index (χ2n) is 4.65. The Labute approximate surface area is 123 Å². The van der Waals surface area contributed by atoms with Gasteiger partial charge in [0.05, 0.1) is 11.5 Å². The summed E-state index contributed by atoms with van der Waals surface area (Å²) in [6.07, 6.45) is 1.01. The molecule has 0 radical (unpaired) electrons. The van der Waals surface area contributed by atoms with E-state index < -0.39 is 4.92 Å². The van der Waals surface area contributed by atoms with Crippen LogP contribution in [0.15, 0.2) is 0 Å². The summed E-state index contributed by atoms with van der Waals surface area (Å²) >= 11 is 0. The first-order valence-corrected chi connectivity index (χ1v) is 7.00. The highest BCUT2D eigenvalue weighted by molar-refractivity contribution is 5.75. The molecule has 8 nitrogen and oxygen atoms in total. The third-order valence-electron chi connectivity index (χ3n) is 3.07. The van der Waals surface area contributed by atoms with E-state index in [4.69, 9.17) is 4.74 Å². The van der Waals surface area contributed by atoms with Crippen molar-refractivity contribution in [1.82, 2.24) is 15.1 Å². The number of ether oxygens (including phenoxy) is 1. The number of hydrogen-bond donors (Lipinski definition) is 1. The zero-order chi connectivity index (χ0) is 15.8. The molecule has 8 heteroatoms. The van der Waals surface area contributed by atoms with Crippen molar-refractivity contribution in [3.8, 4) is 0 Å². The van der Waals surface area contributed by atoms with Gasteiger partial charge >= 0.3 is 5.69 Å². The van der Waals surface area contributed by atoms with E-state index in [2.05, 4.69) is 10.4 Å². The highest BCUT2D eigenvalue weighted by Gasteiger charge is 2.21. The molecule has 0 atom stereocenters. The van der Waals surface area contributed by atoms with Gasteiger partial charge < -0.3 is 10.1 Å². The molecule has 0 fully saturated rings. The lowest BCUT2D eigenvalue weighted by atomic mass is 10.3. The molecule has 0 saturated carbocycles. The van der Waals surface area contributed by atoms with Gasteiger partial charge in [-0.3, -0.25) is 19.6 Å². The van der Waals surface area contributed by atoms with Crippen LogP contribution in [0, 0.1) is 24.0 Å². The van der Waals surface area contributed by atoms with E-state index >= 15 is 0 Å². The molecule has 1 N–H and O–H groups in total. The lowest BCUT2D eigenvalue weighted by molar-refractivity contribution is -0.386. The Morgan fingerprint density at radius 3 is 2.76 bits per heavy atom. The Morgan fingerprint density at radius 2 is 2.19 bits per heavy atom. The lowest BCUT2D eigenvalue weighted by Gasteiger charge is -2.06. The van der Waals surface area contributed by atoms with Crippen LogP contribution in [0.3, 0.4) is 0 Å². The first-order chi connectivity index (χ1) is 9.97. The quantitative estimate of drug-likeness (QED) is 0.421. The molecule has 1 aromatic heterocycles. The van der Waals surface area contributed by atoms with E-state index in [-0.39, 0.29) is 18.0 Å². The number of rotatable bonds is 9. The van der Waals surface area contributed by atoms with Crippen LogP contribution >= 0.6 is 0 Å². The summed E-state index contributed by atoms with van der Waals surface area (Å²) in [6.45, 7) is 7.35. The Kier molecular flexibility index (Phi) is 6.80. The molecule has 118 valence electrons. The zero-order valence-electron chi connectivity index (χ0n) is 12.7. The number of hydrogen-bond acceptors (Lipinski definition) is 5. The first-order valence-electron chi connectivity index (χ1n) is 7.00. The van der Waals surface area contributed by atoms with E-state index in [9.17, 15) is 14.9 Å². The third kappa shape index (κ3) is 5.14. The van der Waals surface area contributed by atoms with Crippen LogP contribution < -0.4 is 5.32 Å². The topological polar surface area (TPSA) is 99.3 Å². The van der Waals surface area contributed by atoms with Gasteiger partial charge in [0.2, 0.25) is 5.91 Å². The number of nitrogens with zero attached hydrogens (tertiary/aromatic N) is 3. The number of amides is 1. The molecule has 0 bridgehead atoms. The van der Waals surface area contributed by atoms with Crippen molar-refractivity contribution in [3.05, 3.63) is 21.5 Å². The summed E-state index contributed by atoms with van der Waals surface area (Å²) < 4.78 is 6.68. The highest BCUT2D eigenvalue weighted by atomic mass is 16.6. The van der Waals surface area contributed by atoms with Crippen molar-refractivity contribution in [2.75, 3.05) is 19.8 Å². The van der Waals surface area contributed by atoms with Crippen molar-refractivity contribution in [1.29, 1.82) is 0 Å². The van der Waals surface area contributed by atoms with Crippen LogP contribution in [-0.2, 0) is 16.1 Å². The fourth-order valence-corrected chi connectivity index (χ4v) is 2.01. The molecule has 1 amide bonds. The average molecular weight is 298 g/mol. The molecular formula is C13H22N4O4. The normalized spacial score (nSPS) is 10.6. The molecule has 1 rings (SSSR count). The Hall–Kier alpha value is -1.96. The minimum Gasteiger partial charge on any atom is -0.382 e. The molecule has 0 spiro atoms. The minimum atomic E-state index is -0.442. The molecule has 0 aromatic carbocycles. The maximum atomic E-state index is 11.7. The van der Waals surface area contributed by atoms with Crippen LogP contribution in [0.1, 0.15) is 31.2 Å². The highest BCUT2D eigenvalue weighted by Crippen LogP contribution is 2.21. The fraction of sp³-hybridized carbons (Fsp3) is 0.692. The smallest absolute Gasteiger partial charge is 0.312 e. The number of carbonyl (C=O) groups is 1. The second-order valence-corrected chi connectivity index (χ2v) is 4.65. The molecule has 0 aliphatic carbocycles. The van der Waals surface area contributed by atoms with Crippen molar-refractivity contribution in [3.63, 3.8) is 0 Å². The summed E-state index contributed by atoms with van der Waals surface area (Å²) in [4.78, 5) is 22.1. The van der Waals surface area contributed by atoms with E-state index in [1.165, 1.54) is 4.68 Å². The largest absolute Gasteiger partial charge is 0.382 e. The van der Waals surface area contributed by atoms with Gasteiger partial charge in [-0.25, -0.2) is 0 Å². The molecule has 1 heterocycles. The van der Waals surface area contributed by atoms with Gasteiger partial charge in [-0.15, -0.1) is 0 Å². The zero-order valence-corrected chi connectivity index (χ0v) is 12.7. The molecule has 1 aromatic rings. The number of aryl methyl sites for hydroxylation is 2. The Bertz CT molecular complexity index is 499. The number of aromatic nitrogens is 2. The standard InChI is InChI=1S/C13H22N4O4/c1-4-21-9-5-7-14-12(18)6-8-16-11(3)13(17(19)20)10(2)15-16/h4-9H2,1-3H3,(H,14,18). The maximum Gasteiger partial charge on any atom is 0.312 e. The fourth-order valence-electron chi connectivity index (χ4n) is 2.01. The predicted octanol–water partition coefficient (Wildman–Crippen LogP) is 1.34. The lowest BCUT2D eigenvalue weighted by Crippen LogP contribution is -2.26. The van der Waals surface area contributed by atoms with Gasteiger partial charge in [0, 0.05) is 26.2 Å². The predicted molar refractivity (Wildman–Crippen MR) is 77.1 cm³/mol. The number of nitro groups is 1. The van der Waals surface area contributed by atoms with Crippen LogP contribution in [0.5, 0.6) is 0 Å². The first kappa shape index (κ1) is 17.1. The minimum absolute atomic E-state index is 0.0205. The van der Waals surface area contributed by atoms with Gasteiger partial charge in [-0.2, -0.15) is 5.10 Å². The monoisotopic (exact) mass is 298 g/mol. The molecule has 0 saturated heterocycles. The molecule has 0 unspecified atom stereocenters. The number of nitrogens with one attached hydrogen (secondary N) is 1. The van der Waals surface area contributed by atoms with E-state index in [0.717, 1.165) is 6.42 Å². The second kappa shape index (κ2) is 8.35. The van der Waals surface area contributed by atoms with Gasteiger partial charge in [-0.05, 0) is 27.2 Å². The van der Waals surface area contributed by atoms with Gasteiger partial charge in [-0.1, -0.05) is 0 Å². The molecule has 0 aliphatic heterocycles. The summed E-state index contributed by atoms with van der Waals surface area (Å²) in [7, 11) is 0. The van der Waals surface area contributed by atoms with Gasteiger partial charge in [0.1, 0.15) is 11.4 Å². The maximum absolute atomic E-state index is 11.7. The summed E-state index contributed by atoms with van der Waals surface area (Å²) in [5, 5.41) is 17.8. The van der Waals surface area contributed by atoms with E-state index in [1.54, 1.807) is 13.8 Å². The van der Waals surface area contributed by atoms with Crippen molar-refractivity contribution < 1.29 is 14.5 Å². The summed E-state index contributed by atoms with van der Waals surface area (Å²) in [6, 6.07) is 0. The average Bonchev–Trinajstić information content (AvgIpc) is 2.70. The van der Waals surface area contributed by atoms with Gasteiger partial charge in [0.25, 0.3) is 0 Å². The molecular weight excluding hydrogens is 276 g/mol. The van der Waals surface area contributed by atoms with Crippen LogP contribution in [0.25, 0.3) is 0 Å². The molecule has 0 aliphatic rings. The Balaban J connectivity index is 2.40. The van der Waals surface area contributed by atoms with Crippen LogP contribution in [0.4, 0.5) is 5.69 Å².